The van der Waals surface area contributed by atoms with Gasteiger partial charge in [-0.25, -0.2) is 0 Å². The first-order valence-electron chi connectivity index (χ1n) is 13.6. The van der Waals surface area contributed by atoms with Gasteiger partial charge in [0, 0.05) is 29.3 Å². The molecule has 2 fully saturated rings. The standard InChI is InChI=1S/C30H33N5O3S/c1-19-6-11-26(28(36)31-19)35-17-25-24(30(35)37)4-3-5-27(25)38-18-22-9-7-21(8-10-22)16-34-14-12-23(13-15-34)29-33-32-20(2)39-29/h3-5,7-10,23,26H,1,6,11-18H2,2H3,(H,31,36). The highest BCUT2D eigenvalue weighted by Gasteiger charge is 2.39. The highest BCUT2D eigenvalue weighted by molar-refractivity contribution is 7.11. The fourth-order valence-corrected chi connectivity index (χ4v) is 6.62. The Bertz CT molecular complexity index is 1390. The molecule has 39 heavy (non-hydrogen) atoms. The quantitative estimate of drug-likeness (QED) is 0.470. The molecule has 1 unspecified atom stereocenters. The van der Waals surface area contributed by atoms with E-state index in [1.807, 2.05) is 25.1 Å². The maximum absolute atomic E-state index is 13.1. The molecule has 6 rings (SSSR count). The highest BCUT2D eigenvalue weighted by atomic mass is 32.1. The first kappa shape index (κ1) is 25.7. The molecule has 0 saturated carbocycles. The Hall–Kier alpha value is -3.56. The van der Waals surface area contributed by atoms with E-state index in [0.29, 0.717) is 48.9 Å². The van der Waals surface area contributed by atoms with Crippen LogP contribution in [0.25, 0.3) is 0 Å². The predicted octanol–water partition coefficient (Wildman–Crippen LogP) is 4.55. The molecule has 4 heterocycles. The molecule has 8 nitrogen and oxygen atoms in total. The number of rotatable bonds is 7. The van der Waals surface area contributed by atoms with E-state index in [2.05, 4.69) is 51.3 Å². The van der Waals surface area contributed by atoms with Crippen molar-refractivity contribution in [3.63, 3.8) is 0 Å². The number of fused-ring (bicyclic) bond motifs is 1. The number of benzene rings is 2. The molecule has 0 aliphatic carbocycles. The minimum atomic E-state index is -0.477. The van der Waals surface area contributed by atoms with Gasteiger partial charge in [-0.2, -0.15) is 0 Å². The van der Waals surface area contributed by atoms with Gasteiger partial charge in [-0.1, -0.05) is 36.9 Å². The van der Waals surface area contributed by atoms with Crippen LogP contribution in [0, 0.1) is 6.92 Å². The van der Waals surface area contributed by atoms with Crippen LogP contribution in [0.2, 0.25) is 0 Å². The lowest BCUT2D eigenvalue weighted by Gasteiger charge is -2.31. The Balaban J connectivity index is 1.03. The molecule has 3 aromatic rings. The lowest BCUT2D eigenvalue weighted by molar-refractivity contribution is -0.126. The van der Waals surface area contributed by atoms with E-state index in [4.69, 9.17) is 4.74 Å². The Morgan fingerprint density at radius 1 is 1.05 bits per heavy atom. The van der Waals surface area contributed by atoms with Crippen LogP contribution in [0.3, 0.4) is 0 Å². The van der Waals surface area contributed by atoms with E-state index in [9.17, 15) is 9.59 Å². The fraction of sp³-hybridized carbons (Fsp3) is 0.400. The molecule has 2 aromatic carbocycles. The lowest BCUT2D eigenvalue weighted by atomic mass is 9.97. The molecule has 0 radical (unpaired) electrons. The summed E-state index contributed by atoms with van der Waals surface area (Å²) >= 11 is 1.73. The topological polar surface area (TPSA) is 87.7 Å². The summed E-state index contributed by atoms with van der Waals surface area (Å²) in [5.74, 6) is 0.955. The summed E-state index contributed by atoms with van der Waals surface area (Å²) < 4.78 is 6.19. The van der Waals surface area contributed by atoms with Crippen LogP contribution in [0.1, 0.15) is 68.7 Å². The Kier molecular flexibility index (Phi) is 7.18. The van der Waals surface area contributed by atoms with Crippen LogP contribution in [-0.4, -0.2) is 50.9 Å². The van der Waals surface area contributed by atoms with E-state index >= 15 is 0 Å². The number of carbonyl (C=O) groups is 2. The number of hydrogen-bond donors (Lipinski definition) is 1. The molecule has 0 bridgehead atoms. The van der Waals surface area contributed by atoms with Gasteiger partial charge in [0.2, 0.25) is 5.91 Å². The average Bonchev–Trinajstić information content (AvgIpc) is 3.52. The summed E-state index contributed by atoms with van der Waals surface area (Å²) in [5, 5.41) is 13.5. The number of aromatic nitrogens is 2. The number of ether oxygens (including phenoxy) is 1. The molecule has 2 saturated heterocycles. The normalized spacial score (nSPS) is 20.3. The van der Waals surface area contributed by atoms with Crippen molar-refractivity contribution in [2.24, 2.45) is 0 Å². The van der Waals surface area contributed by atoms with Crippen LogP contribution < -0.4 is 10.1 Å². The molecular formula is C30H33N5O3S. The number of likely N-dealkylation sites (tertiary alicyclic amines) is 1. The third-order valence-corrected chi connectivity index (χ3v) is 8.95. The second-order valence-corrected chi connectivity index (χ2v) is 11.9. The number of aryl methyl sites for hydroxylation is 1. The summed E-state index contributed by atoms with van der Waals surface area (Å²) in [6.07, 6.45) is 3.53. The van der Waals surface area contributed by atoms with E-state index in [1.165, 1.54) is 10.6 Å². The van der Waals surface area contributed by atoms with Gasteiger partial charge in [-0.15, -0.1) is 21.5 Å². The van der Waals surface area contributed by atoms with Crippen molar-refractivity contribution in [3.8, 4) is 5.75 Å². The molecule has 202 valence electrons. The largest absolute Gasteiger partial charge is 0.489 e. The molecule has 1 aromatic heterocycles. The zero-order valence-corrected chi connectivity index (χ0v) is 23.0. The van der Waals surface area contributed by atoms with E-state index in [0.717, 1.165) is 48.6 Å². The zero-order valence-electron chi connectivity index (χ0n) is 22.2. The molecule has 9 heteroatoms. The fourth-order valence-electron chi connectivity index (χ4n) is 5.75. The molecular weight excluding hydrogens is 510 g/mol. The number of allylic oxidation sites excluding steroid dienone is 1. The van der Waals surface area contributed by atoms with Gasteiger partial charge in [-0.05, 0) is 69.0 Å². The summed E-state index contributed by atoms with van der Waals surface area (Å²) in [6.45, 7) is 9.73. The highest BCUT2D eigenvalue weighted by Crippen LogP contribution is 2.34. The minimum Gasteiger partial charge on any atom is -0.489 e. The minimum absolute atomic E-state index is 0.116. The zero-order chi connectivity index (χ0) is 26.9. The second-order valence-electron chi connectivity index (χ2n) is 10.7. The van der Waals surface area contributed by atoms with E-state index in [1.54, 1.807) is 16.2 Å². The van der Waals surface area contributed by atoms with Gasteiger partial charge < -0.3 is 15.0 Å². The van der Waals surface area contributed by atoms with Gasteiger partial charge in [0.15, 0.2) is 0 Å². The first-order chi connectivity index (χ1) is 18.9. The second kappa shape index (κ2) is 10.9. The van der Waals surface area contributed by atoms with Crippen LogP contribution in [0.5, 0.6) is 5.75 Å². The van der Waals surface area contributed by atoms with Gasteiger partial charge in [-0.3, -0.25) is 14.5 Å². The van der Waals surface area contributed by atoms with Crippen molar-refractivity contribution in [1.29, 1.82) is 0 Å². The molecule has 2 amide bonds. The Labute approximate surface area is 232 Å². The number of piperidine rings is 2. The Morgan fingerprint density at radius 2 is 1.82 bits per heavy atom. The van der Waals surface area contributed by atoms with Crippen molar-refractivity contribution in [3.05, 3.63) is 87.0 Å². The van der Waals surface area contributed by atoms with Crippen molar-refractivity contribution in [1.82, 2.24) is 25.3 Å². The first-order valence-corrected chi connectivity index (χ1v) is 14.4. The maximum Gasteiger partial charge on any atom is 0.255 e. The number of carbonyl (C=O) groups excluding carboxylic acids is 2. The van der Waals surface area contributed by atoms with Crippen LogP contribution >= 0.6 is 11.3 Å². The van der Waals surface area contributed by atoms with Crippen LogP contribution in [0.15, 0.2) is 54.7 Å². The van der Waals surface area contributed by atoms with Gasteiger partial charge in [0.25, 0.3) is 5.91 Å². The van der Waals surface area contributed by atoms with Gasteiger partial charge in [0.1, 0.15) is 28.4 Å². The van der Waals surface area contributed by atoms with Crippen molar-refractivity contribution in [2.75, 3.05) is 13.1 Å². The number of hydrogen-bond acceptors (Lipinski definition) is 7. The van der Waals surface area contributed by atoms with Gasteiger partial charge >= 0.3 is 0 Å². The summed E-state index contributed by atoms with van der Waals surface area (Å²) in [6, 6.07) is 13.7. The van der Waals surface area contributed by atoms with E-state index in [-0.39, 0.29) is 11.8 Å². The molecule has 1 N–H and O–H groups in total. The van der Waals surface area contributed by atoms with Crippen LogP contribution in [0.4, 0.5) is 0 Å². The number of nitrogens with one attached hydrogen (secondary N) is 1. The smallest absolute Gasteiger partial charge is 0.255 e. The Morgan fingerprint density at radius 3 is 2.54 bits per heavy atom. The van der Waals surface area contributed by atoms with Crippen LogP contribution in [-0.2, 0) is 24.5 Å². The molecule has 3 aliphatic heterocycles. The summed E-state index contributed by atoms with van der Waals surface area (Å²) in [7, 11) is 0. The lowest BCUT2D eigenvalue weighted by Crippen LogP contribution is -2.49. The third kappa shape index (κ3) is 5.46. The summed E-state index contributed by atoms with van der Waals surface area (Å²) in [5.41, 5.74) is 4.54. The maximum atomic E-state index is 13.1. The molecule has 3 aliphatic rings. The molecule has 0 spiro atoms. The third-order valence-electron chi connectivity index (χ3n) is 7.95. The average molecular weight is 544 g/mol. The van der Waals surface area contributed by atoms with Crippen molar-refractivity contribution < 1.29 is 14.3 Å². The van der Waals surface area contributed by atoms with E-state index < -0.39 is 6.04 Å². The molecule has 1 atom stereocenters. The van der Waals surface area contributed by atoms with Crippen molar-refractivity contribution >= 4 is 23.2 Å². The number of amides is 2. The SMILES string of the molecule is C=C1CCC(N2Cc3c(OCc4ccc(CN5CCC(c6nnc(C)s6)CC5)cc4)cccc3C2=O)C(=O)N1. The number of nitrogens with zero attached hydrogens (tertiary/aromatic N) is 4. The van der Waals surface area contributed by atoms with Crippen molar-refractivity contribution in [2.45, 2.75) is 64.3 Å². The summed E-state index contributed by atoms with van der Waals surface area (Å²) in [4.78, 5) is 29.8. The van der Waals surface area contributed by atoms with Gasteiger partial charge in [0.05, 0.1) is 6.54 Å². The predicted molar refractivity (Wildman–Crippen MR) is 149 cm³/mol. The monoisotopic (exact) mass is 543 g/mol.